The van der Waals surface area contributed by atoms with E-state index in [9.17, 15) is 4.79 Å². The zero-order chi connectivity index (χ0) is 18.5. The lowest BCUT2D eigenvalue weighted by Gasteiger charge is -2.32. The van der Waals surface area contributed by atoms with E-state index in [1.807, 2.05) is 16.8 Å². The third-order valence-electron chi connectivity index (χ3n) is 5.11. The highest BCUT2D eigenvalue weighted by Crippen LogP contribution is 2.19. The van der Waals surface area contributed by atoms with Crippen LogP contribution >= 0.6 is 0 Å². The van der Waals surface area contributed by atoms with E-state index in [1.165, 1.54) is 0 Å². The van der Waals surface area contributed by atoms with Gasteiger partial charge >= 0.3 is 0 Å². The van der Waals surface area contributed by atoms with Gasteiger partial charge in [-0.15, -0.1) is 0 Å². The Kier molecular flexibility index (Phi) is 5.34. The van der Waals surface area contributed by atoms with Crippen molar-refractivity contribution in [2.75, 3.05) is 19.6 Å². The first-order valence-corrected chi connectivity index (χ1v) is 9.29. The zero-order valence-electron chi connectivity index (χ0n) is 15.2. The van der Waals surface area contributed by atoms with Crippen molar-refractivity contribution in [3.63, 3.8) is 0 Å². The van der Waals surface area contributed by atoms with E-state index in [4.69, 9.17) is 0 Å². The SMILES string of the molecule is O=c1cc(-c2cccnc2)ncn1CC1CCN(CCn2cncn2)CC1. The number of piperidine rings is 1. The summed E-state index contributed by atoms with van der Waals surface area (Å²) in [7, 11) is 0. The summed E-state index contributed by atoms with van der Waals surface area (Å²) in [6.07, 6.45) is 10.6. The monoisotopic (exact) mass is 365 g/mol. The largest absolute Gasteiger partial charge is 0.301 e. The molecule has 4 heterocycles. The summed E-state index contributed by atoms with van der Waals surface area (Å²) in [6.45, 7) is 4.68. The molecule has 1 saturated heterocycles. The highest BCUT2D eigenvalue weighted by molar-refractivity contribution is 5.56. The lowest BCUT2D eigenvalue weighted by Crippen LogP contribution is -2.38. The molecule has 0 bridgehead atoms. The number of rotatable bonds is 6. The Hall–Kier alpha value is -2.87. The number of likely N-dealkylation sites (tertiary alicyclic amines) is 1. The molecule has 0 unspecified atom stereocenters. The molecular weight excluding hydrogens is 342 g/mol. The van der Waals surface area contributed by atoms with E-state index in [-0.39, 0.29) is 5.56 Å². The minimum Gasteiger partial charge on any atom is -0.301 e. The minimum absolute atomic E-state index is 0.00235. The summed E-state index contributed by atoms with van der Waals surface area (Å²) in [5.74, 6) is 0.511. The molecule has 0 amide bonds. The minimum atomic E-state index is -0.00235. The van der Waals surface area contributed by atoms with Crippen LogP contribution in [0, 0.1) is 5.92 Å². The van der Waals surface area contributed by atoms with Crippen LogP contribution in [0.1, 0.15) is 12.8 Å². The molecule has 0 atom stereocenters. The molecule has 0 aliphatic carbocycles. The molecule has 1 aliphatic rings. The summed E-state index contributed by atoms with van der Waals surface area (Å²) >= 11 is 0. The van der Waals surface area contributed by atoms with Gasteiger partial charge < -0.3 is 4.90 Å². The Bertz CT molecular complexity index is 899. The lowest BCUT2D eigenvalue weighted by atomic mass is 9.96. The maximum absolute atomic E-state index is 12.5. The van der Waals surface area contributed by atoms with Gasteiger partial charge in [-0.2, -0.15) is 5.10 Å². The van der Waals surface area contributed by atoms with Crippen LogP contribution in [0.2, 0.25) is 0 Å². The highest BCUT2D eigenvalue weighted by atomic mass is 16.1. The fourth-order valence-corrected chi connectivity index (χ4v) is 3.50. The van der Waals surface area contributed by atoms with Crippen molar-refractivity contribution >= 4 is 0 Å². The standard InChI is InChI=1S/C19H23N7O/c27-19-10-18(17-2-1-5-20-11-17)22-15-25(19)12-16-3-6-24(7-4-16)8-9-26-14-21-13-23-26/h1-2,5,10-11,13-16H,3-4,6-9,12H2. The number of pyridine rings is 1. The molecule has 1 aliphatic heterocycles. The van der Waals surface area contributed by atoms with E-state index in [1.54, 1.807) is 42.0 Å². The second-order valence-corrected chi connectivity index (χ2v) is 6.95. The van der Waals surface area contributed by atoms with Gasteiger partial charge in [0.05, 0.1) is 18.6 Å². The third kappa shape index (κ3) is 4.46. The van der Waals surface area contributed by atoms with Gasteiger partial charge in [0.25, 0.3) is 5.56 Å². The van der Waals surface area contributed by atoms with Gasteiger partial charge in [0.15, 0.2) is 0 Å². The van der Waals surface area contributed by atoms with Crippen LogP contribution in [-0.4, -0.2) is 53.8 Å². The predicted octanol–water partition coefficient (Wildman–Crippen LogP) is 1.31. The maximum atomic E-state index is 12.5. The fraction of sp³-hybridized carbons (Fsp3) is 0.421. The van der Waals surface area contributed by atoms with E-state index in [0.29, 0.717) is 11.6 Å². The predicted molar refractivity (Wildman–Crippen MR) is 101 cm³/mol. The van der Waals surface area contributed by atoms with Crippen molar-refractivity contribution in [2.24, 2.45) is 5.92 Å². The maximum Gasteiger partial charge on any atom is 0.253 e. The molecule has 3 aromatic rings. The topological polar surface area (TPSA) is 81.7 Å². The molecule has 27 heavy (non-hydrogen) atoms. The summed E-state index contributed by atoms with van der Waals surface area (Å²) in [5, 5.41) is 4.14. The second-order valence-electron chi connectivity index (χ2n) is 6.95. The second kappa shape index (κ2) is 8.22. The van der Waals surface area contributed by atoms with Crippen LogP contribution in [-0.2, 0) is 13.1 Å². The van der Waals surface area contributed by atoms with E-state index >= 15 is 0 Å². The van der Waals surface area contributed by atoms with Crippen molar-refractivity contribution in [1.82, 2.24) is 34.2 Å². The fourth-order valence-electron chi connectivity index (χ4n) is 3.50. The van der Waals surface area contributed by atoms with Gasteiger partial charge in [-0.1, -0.05) is 0 Å². The normalized spacial score (nSPS) is 15.9. The van der Waals surface area contributed by atoms with Crippen molar-refractivity contribution in [3.05, 3.63) is 59.9 Å². The summed E-state index contributed by atoms with van der Waals surface area (Å²) < 4.78 is 3.59. The molecule has 3 aromatic heterocycles. The number of nitrogens with zero attached hydrogens (tertiary/aromatic N) is 7. The summed E-state index contributed by atoms with van der Waals surface area (Å²) in [4.78, 5) is 27.4. The Balaban J connectivity index is 1.30. The molecule has 140 valence electrons. The zero-order valence-corrected chi connectivity index (χ0v) is 15.2. The Morgan fingerprint density at radius 2 is 2.00 bits per heavy atom. The molecule has 0 spiro atoms. The Labute approximate surface area is 157 Å². The smallest absolute Gasteiger partial charge is 0.253 e. The average Bonchev–Trinajstić information content (AvgIpc) is 3.23. The summed E-state index contributed by atoms with van der Waals surface area (Å²) in [6, 6.07) is 5.36. The van der Waals surface area contributed by atoms with E-state index < -0.39 is 0 Å². The van der Waals surface area contributed by atoms with Gasteiger partial charge in [-0.3, -0.25) is 19.0 Å². The first-order valence-electron chi connectivity index (χ1n) is 9.29. The molecule has 4 rings (SSSR count). The molecule has 1 fully saturated rings. The molecule has 8 nitrogen and oxygen atoms in total. The number of aromatic nitrogens is 6. The van der Waals surface area contributed by atoms with Gasteiger partial charge in [-0.25, -0.2) is 9.97 Å². The van der Waals surface area contributed by atoms with Crippen molar-refractivity contribution in [3.8, 4) is 11.3 Å². The number of hydrogen-bond acceptors (Lipinski definition) is 6. The van der Waals surface area contributed by atoms with Gasteiger partial charge in [-0.05, 0) is 44.0 Å². The lowest BCUT2D eigenvalue weighted by molar-refractivity contribution is 0.166. The first kappa shape index (κ1) is 17.5. The molecule has 0 saturated carbocycles. The molecule has 0 aromatic carbocycles. The molecule has 0 N–H and O–H groups in total. The van der Waals surface area contributed by atoms with Gasteiger partial charge in [0, 0.05) is 37.1 Å². The van der Waals surface area contributed by atoms with Crippen LogP contribution in [0.5, 0.6) is 0 Å². The van der Waals surface area contributed by atoms with E-state index in [2.05, 4.69) is 25.0 Å². The van der Waals surface area contributed by atoms with Crippen molar-refractivity contribution < 1.29 is 0 Å². The van der Waals surface area contributed by atoms with E-state index in [0.717, 1.165) is 51.1 Å². The van der Waals surface area contributed by atoms with Crippen molar-refractivity contribution in [2.45, 2.75) is 25.9 Å². The van der Waals surface area contributed by atoms with Crippen LogP contribution < -0.4 is 5.56 Å². The van der Waals surface area contributed by atoms with Crippen LogP contribution in [0.3, 0.4) is 0 Å². The first-order chi connectivity index (χ1) is 13.3. The molecule has 8 heteroatoms. The highest BCUT2D eigenvalue weighted by Gasteiger charge is 2.20. The van der Waals surface area contributed by atoms with Crippen LogP contribution in [0.15, 0.2) is 54.4 Å². The quantitative estimate of drug-likeness (QED) is 0.655. The third-order valence-corrected chi connectivity index (χ3v) is 5.11. The van der Waals surface area contributed by atoms with Gasteiger partial charge in [0.2, 0.25) is 0 Å². The van der Waals surface area contributed by atoms with Crippen LogP contribution in [0.4, 0.5) is 0 Å². The van der Waals surface area contributed by atoms with Gasteiger partial charge in [0.1, 0.15) is 12.7 Å². The Morgan fingerprint density at radius 1 is 1.11 bits per heavy atom. The van der Waals surface area contributed by atoms with Crippen molar-refractivity contribution in [1.29, 1.82) is 0 Å². The number of hydrogen-bond donors (Lipinski definition) is 0. The van der Waals surface area contributed by atoms with Crippen LogP contribution in [0.25, 0.3) is 11.3 Å². The summed E-state index contributed by atoms with van der Waals surface area (Å²) in [5.41, 5.74) is 1.53. The Morgan fingerprint density at radius 3 is 2.70 bits per heavy atom. The molecular formula is C19H23N7O. The average molecular weight is 365 g/mol. The molecule has 0 radical (unpaired) electrons.